The quantitative estimate of drug-likeness (QED) is 0.201. The van der Waals surface area contributed by atoms with Gasteiger partial charge in [0.15, 0.2) is 0 Å². The third-order valence-electron chi connectivity index (χ3n) is 7.12. The zero-order valence-electron chi connectivity index (χ0n) is 23.3. The molecule has 42 heavy (non-hydrogen) atoms. The molecule has 1 aliphatic carbocycles. The summed E-state index contributed by atoms with van der Waals surface area (Å²) in [7, 11) is 0. The summed E-state index contributed by atoms with van der Waals surface area (Å²) in [5, 5.41) is 8.85. The van der Waals surface area contributed by atoms with Gasteiger partial charge in [0, 0.05) is 24.3 Å². The normalized spacial score (nSPS) is 14.5. The number of carbonyl (C=O) groups is 2. The highest BCUT2D eigenvalue weighted by atomic mass is 19.4. The number of hydrogen-bond donors (Lipinski definition) is 3. The molecular formula is C32H36F3N3O4. The van der Waals surface area contributed by atoms with E-state index in [1.807, 2.05) is 30.3 Å². The molecule has 10 heteroatoms. The molecular weight excluding hydrogens is 547 g/mol. The smallest absolute Gasteiger partial charge is 0.489 e. The summed E-state index contributed by atoms with van der Waals surface area (Å²) >= 11 is 0. The van der Waals surface area contributed by atoms with E-state index < -0.39 is 12.4 Å². The van der Waals surface area contributed by atoms with E-state index in [1.165, 1.54) is 30.7 Å². The number of hydrogen-bond acceptors (Lipinski definition) is 5. The number of nitrogens with one attached hydrogen (secondary N) is 3. The summed E-state index contributed by atoms with van der Waals surface area (Å²) in [5.74, 6) is 0.0883. The second-order valence-electron chi connectivity index (χ2n) is 10.4. The third kappa shape index (κ3) is 10.3. The van der Waals surface area contributed by atoms with Gasteiger partial charge in [-0.05, 0) is 66.4 Å². The minimum Gasteiger partial charge on any atom is -0.489 e. The highest BCUT2D eigenvalue weighted by Gasteiger charge is 2.31. The van der Waals surface area contributed by atoms with Gasteiger partial charge in [0.25, 0.3) is 5.91 Å². The summed E-state index contributed by atoms with van der Waals surface area (Å²) in [6, 6.07) is 21.3. The summed E-state index contributed by atoms with van der Waals surface area (Å²) < 4.78 is 46.7. The van der Waals surface area contributed by atoms with E-state index in [9.17, 15) is 22.8 Å². The SMILES string of the molecule is O=C(N[C@@H](CC1CCCCC1)C(=O)NCCNc1ccc(OC(F)(F)F)cc1)c1ccc(OCc2ccccc2)cc1. The van der Waals surface area contributed by atoms with Crippen LogP contribution in [0, 0.1) is 5.92 Å². The van der Waals surface area contributed by atoms with E-state index in [0.717, 1.165) is 31.2 Å². The molecule has 7 nitrogen and oxygen atoms in total. The Morgan fingerprint density at radius 2 is 1.50 bits per heavy atom. The number of ether oxygens (including phenoxy) is 2. The molecule has 3 aromatic rings. The number of alkyl halides is 3. The van der Waals surface area contributed by atoms with Crippen molar-refractivity contribution in [2.75, 3.05) is 18.4 Å². The first-order valence-corrected chi connectivity index (χ1v) is 14.2. The fourth-order valence-corrected chi connectivity index (χ4v) is 4.96. The number of carbonyl (C=O) groups excluding carboxylic acids is 2. The van der Waals surface area contributed by atoms with Crippen molar-refractivity contribution < 1.29 is 32.2 Å². The van der Waals surface area contributed by atoms with Crippen LogP contribution >= 0.6 is 0 Å². The van der Waals surface area contributed by atoms with Crippen LogP contribution < -0.4 is 25.4 Å². The average Bonchev–Trinajstić information content (AvgIpc) is 2.99. The Hall–Kier alpha value is -4.21. The summed E-state index contributed by atoms with van der Waals surface area (Å²) in [4.78, 5) is 26.2. The third-order valence-corrected chi connectivity index (χ3v) is 7.12. The van der Waals surface area contributed by atoms with Crippen molar-refractivity contribution in [2.45, 2.75) is 57.5 Å². The topological polar surface area (TPSA) is 88.7 Å². The van der Waals surface area contributed by atoms with Crippen molar-refractivity contribution in [3.63, 3.8) is 0 Å². The fourth-order valence-electron chi connectivity index (χ4n) is 4.96. The lowest BCUT2D eigenvalue weighted by atomic mass is 9.84. The molecule has 1 aliphatic rings. The van der Waals surface area contributed by atoms with E-state index in [4.69, 9.17) is 4.74 Å². The van der Waals surface area contributed by atoms with E-state index in [-0.39, 0.29) is 24.1 Å². The molecule has 0 radical (unpaired) electrons. The maximum absolute atomic E-state index is 13.1. The van der Waals surface area contributed by atoms with Crippen molar-refractivity contribution in [1.82, 2.24) is 10.6 Å². The molecule has 4 rings (SSSR count). The van der Waals surface area contributed by atoms with Crippen molar-refractivity contribution in [3.05, 3.63) is 90.0 Å². The van der Waals surface area contributed by atoms with Crippen LogP contribution in [-0.2, 0) is 11.4 Å². The molecule has 0 bridgehead atoms. The monoisotopic (exact) mass is 583 g/mol. The van der Waals surface area contributed by atoms with Crippen LogP contribution in [0.3, 0.4) is 0 Å². The zero-order valence-corrected chi connectivity index (χ0v) is 23.3. The van der Waals surface area contributed by atoms with Crippen LogP contribution in [0.1, 0.15) is 54.4 Å². The molecule has 3 N–H and O–H groups in total. The first-order valence-electron chi connectivity index (χ1n) is 14.2. The van der Waals surface area contributed by atoms with Crippen molar-refractivity contribution in [1.29, 1.82) is 0 Å². The largest absolute Gasteiger partial charge is 0.573 e. The Morgan fingerprint density at radius 1 is 0.833 bits per heavy atom. The van der Waals surface area contributed by atoms with Gasteiger partial charge in [-0.2, -0.15) is 0 Å². The predicted octanol–water partition coefficient (Wildman–Crippen LogP) is 6.46. The summed E-state index contributed by atoms with van der Waals surface area (Å²) in [5.41, 5.74) is 2.06. The van der Waals surface area contributed by atoms with Gasteiger partial charge in [-0.25, -0.2) is 0 Å². The van der Waals surface area contributed by atoms with Gasteiger partial charge >= 0.3 is 6.36 Å². The number of halogens is 3. The van der Waals surface area contributed by atoms with Gasteiger partial charge < -0.3 is 25.4 Å². The van der Waals surface area contributed by atoms with Gasteiger partial charge in [0.2, 0.25) is 5.91 Å². The summed E-state index contributed by atoms with van der Waals surface area (Å²) in [6.07, 6.45) is 1.30. The number of rotatable bonds is 13. The molecule has 0 unspecified atom stereocenters. The molecule has 224 valence electrons. The Labute approximate surface area is 243 Å². The van der Waals surface area contributed by atoms with Crippen LogP contribution in [0.2, 0.25) is 0 Å². The molecule has 1 saturated carbocycles. The minimum absolute atomic E-state index is 0.268. The zero-order chi connectivity index (χ0) is 29.8. The second kappa shape index (κ2) is 15.1. The van der Waals surface area contributed by atoms with Crippen LogP contribution in [-0.4, -0.2) is 37.3 Å². The fraction of sp³-hybridized carbons (Fsp3) is 0.375. The molecule has 1 fully saturated rings. The number of amides is 2. The van der Waals surface area contributed by atoms with Crippen LogP contribution in [0.25, 0.3) is 0 Å². The Morgan fingerprint density at radius 3 is 2.17 bits per heavy atom. The highest BCUT2D eigenvalue weighted by Crippen LogP contribution is 2.28. The Balaban J connectivity index is 1.28. The van der Waals surface area contributed by atoms with Crippen molar-refractivity contribution >= 4 is 17.5 Å². The van der Waals surface area contributed by atoms with E-state index in [2.05, 4.69) is 20.7 Å². The van der Waals surface area contributed by atoms with Gasteiger partial charge in [-0.1, -0.05) is 62.4 Å². The second-order valence-corrected chi connectivity index (χ2v) is 10.4. The first-order chi connectivity index (χ1) is 20.2. The lowest BCUT2D eigenvalue weighted by Gasteiger charge is -2.26. The molecule has 1 atom stereocenters. The van der Waals surface area contributed by atoms with Gasteiger partial charge in [-0.3, -0.25) is 9.59 Å². The molecule has 0 saturated heterocycles. The molecule has 2 amide bonds. The van der Waals surface area contributed by atoms with Crippen molar-refractivity contribution in [3.8, 4) is 11.5 Å². The van der Waals surface area contributed by atoms with E-state index >= 15 is 0 Å². The van der Waals surface area contributed by atoms with E-state index in [1.54, 1.807) is 24.3 Å². The van der Waals surface area contributed by atoms with E-state index in [0.29, 0.717) is 42.5 Å². The number of anilines is 1. The lowest BCUT2D eigenvalue weighted by Crippen LogP contribution is -2.48. The summed E-state index contributed by atoms with van der Waals surface area (Å²) in [6.45, 7) is 1.03. The molecule has 3 aromatic carbocycles. The molecule has 0 aliphatic heterocycles. The maximum Gasteiger partial charge on any atom is 0.573 e. The molecule has 0 aromatic heterocycles. The van der Waals surface area contributed by atoms with Crippen molar-refractivity contribution in [2.24, 2.45) is 5.92 Å². The standard InChI is InChI=1S/C32H36F3N3O4/c33-32(34,35)42-28-17-13-26(14-18-28)36-19-20-37-31(40)29(21-23-7-3-1-4-8-23)38-30(39)25-11-15-27(16-12-25)41-22-24-9-5-2-6-10-24/h2,5-6,9-18,23,29,36H,1,3-4,7-8,19-22H2,(H,37,40)(H,38,39)/t29-/m0/s1. The predicted molar refractivity (Wildman–Crippen MR) is 154 cm³/mol. The average molecular weight is 584 g/mol. The Bertz CT molecular complexity index is 1260. The highest BCUT2D eigenvalue weighted by molar-refractivity contribution is 5.97. The van der Waals surface area contributed by atoms with Crippen LogP contribution in [0.5, 0.6) is 11.5 Å². The van der Waals surface area contributed by atoms with Gasteiger partial charge in [0.05, 0.1) is 0 Å². The number of benzene rings is 3. The maximum atomic E-state index is 13.1. The van der Waals surface area contributed by atoms with Gasteiger partial charge in [0.1, 0.15) is 24.1 Å². The van der Waals surface area contributed by atoms with Gasteiger partial charge in [-0.15, -0.1) is 13.2 Å². The first kappa shape index (κ1) is 30.7. The molecule has 0 heterocycles. The van der Waals surface area contributed by atoms with Crippen LogP contribution in [0.15, 0.2) is 78.9 Å². The lowest BCUT2D eigenvalue weighted by molar-refractivity contribution is -0.274. The van der Waals surface area contributed by atoms with Crippen LogP contribution in [0.4, 0.5) is 18.9 Å². The Kier molecular flexibility index (Phi) is 11.1. The minimum atomic E-state index is -4.75. The molecule has 0 spiro atoms.